The Balaban J connectivity index is 2.93. The number of hydrogen-bond donors (Lipinski definition) is 0. The van der Waals surface area contributed by atoms with Crippen LogP contribution < -0.4 is 0 Å². The molecule has 1 aromatic rings. The highest BCUT2D eigenvalue weighted by Gasteiger charge is 2.20. The molecule has 0 aromatic heterocycles. The molecule has 0 radical (unpaired) electrons. The van der Waals surface area contributed by atoms with Crippen molar-refractivity contribution in [2.75, 3.05) is 0 Å². The first-order chi connectivity index (χ1) is 8.24. The minimum Gasteiger partial charge on any atom is -0.303 e. The standard InChI is InChI=1S/C16H22O/c1-4-6-10-14(12-17)15(5-2)16-11-8-7-9-13(16)3/h5,7-9,11-12,14-15H,2,4,6,10H2,1,3H3/t14-,15-/m1/s1. The molecule has 0 aliphatic heterocycles. The molecule has 17 heavy (non-hydrogen) atoms. The Labute approximate surface area is 105 Å². The monoisotopic (exact) mass is 230 g/mol. The topological polar surface area (TPSA) is 17.1 Å². The summed E-state index contributed by atoms with van der Waals surface area (Å²) < 4.78 is 0. The summed E-state index contributed by atoms with van der Waals surface area (Å²) in [6.45, 7) is 8.14. The maximum absolute atomic E-state index is 11.2. The first kappa shape index (κ1) is 13.7. The highest BCUT2D eigenvalue weighted by molar-refractivity contribution is 5.57. The van der Waals surface area contributed by atoms with Crippen molar-refractivity contribution in [2.45, 2.75) is 39.0 Å². The zero-order valence-corrected chi connectivity index (χ0v) is 10.9. The van der Waals surface area contributed by atoms with Gasteiger partial charge in [-0.1, -0.05) is 50.1 Å². The van der Waals surface area contributed by atoms with Gasteiger partial charge in [-0.3, -0.25) is 0 Å². The van der Waals surface area contributed by atoms with Gasteiger partial charge in [-0.05, 0) is 24.5 Å². The average molecular weight is 230 g/mol. The van der Waals surface area contributed by atoms with Gasteiger partial charge >= 0.3 is 0 Å². The van der Waals surface area contributed by atoms with Crippen LogP contribution in [0.2, 0.25) is 0 Å². The van der Waals surface area contributed by atoms with E-state index in [4.69, 9.17) is 0 Å². The zero-order valence-electron chi connectivity index (χ0n) is 10.9. The van der Waals surface area contributed by atoms with E-state index in [2.05, 4.69) is 32.6 Å². The number of benzene rings is 1. The molecule has 0 aliphatic carbocycles. The Morgan fingerprint density at radius 1 is 1.35 bits per heavy atom. The van der Waals surface area contributed by atoms with Crippen LogP contribution in [-0.2, 0) is 4.79 Å². The van der Waals surface area contributed by atoms with E-state index in [1.165, 1.54) is 11.1 Å². The van der Waals surface area contributed by atoms with E-state index in [0.717, 1.165) is 25.5 Å². The number of carbonyl (C=O) groups excluding carboxylic acids is 1. The molecule has 2 atom stereocenters. The molecule has 0 saturated carbocycles. The number of rotatable bonds is 7. The number of hydrogen-bond acceptors (Lipinski definition) is 1. The van der Waals surface area contributed by atoms with Gasteiger partial charge in [0.2, 0.25) is 0 Å². The predicted octanol–water partition coefficient (Wildman–Crippen LogP) is 4.27. The lowest BCUT2D eigenvalue weighted by Gasteiger charge is -2.21. The number of aryl methyl sites for hydroxylation is 1. The molecular formula is C16H22O. The van der Waals surface area contributed by atoms with Crippen LogP contribution in [0.1, 0.15) is 43.2 Å². The van der Waals surface area contributed by atoms with Gasteiger partial charge in [-0.25, -0.2) is 0 Å². The molecule has 1 rings (SSSR count). The summed E-state index contributed by atoms with van der Waals surface area (Å²) in [5, 5.41) is 0. The van der Waals surface area contributed by atoms with Crippen molar-refractivity contribution in [3.63, 3.8) is 0 Å². The van der Waals surface area contributed by atoms with Gasteiger partial charge in [0.25, 0.3) is 0 Å². The summed E-state index contributed by atoms with van der Waals surface area (Å²) in [7, 11) is 0. The first-order valence-electron chi connectivity index (χ1n) is 6.38. The molecule has 1 aromatic carbocycles. The van der Waals surface area contributed by atoms with Crippen LogP contribution in [0.5, 0.6) is 0 Å². The lowest BCUT2D eigenvalue weighted by molar-refractivity contribution is -0.111. The van der Waals surface area contributed by atoms with E-state index in [0.29, 0.717) is 0 Å². The van der Waals surface area contributed by atoms with Crippen LogP contribution in [0.15, 0.2) is 36.9 Å². The summed E-state index contributed by atoms with van der Waals surface area (Å²) >= 11 is 0. The molecule has 0 N–H and O–H groups in total. The van der Waals surface area contributed by atoms with Crippen molar-refractivity contribution < 1.29 is 4.79 Å². The second kappa shape index (κ2) is 7.05. The van der Waals surface area contributed by atoms with E-state index in [1.807, 2.05) is 18.2 Å². The summed E-state index contributed by atoms with van der Waals surface area (Å²) in [5.41, 5.74) is 2.47. The first-order valence-corrected chi connectivity index (χ1v) is 6.38. The van der Waals surface area contributed by atoms with Gasteiger partial charge in [0.15, 0.2) is 0 Å². The van der Waals surface area contributed by atoms with Crippen molar-refractivity contribution in [1.29, 1.82) is 0 Å². The third-order valence-electron chi connectivity index (χ3n) is 3.33. The number of aldehydes is 1. The molecule has 0 fully saturated rings. The molecule has 92 valence electrons. The maximum Gasteiger partial charge on any atom is 0.123 e. The van der Waals surface area contributed by atoms with Crippen LogP contribution in [0.25, 0.3) is 0 Å². The Morgan fingerprint density at radius 2 is 2.06 bits per heavy atom. The highest BCUT2D eigenvalue weighted by atomic mass is 16.1. The Bertz CT molecular complexity index is 368. The van der Waals surface area contributed by atoms with Gasteiger partial charge in [0, 0.05) is 11.8 Å². The van der Waals surface area contributed by atoms with Gasteiger partial charge in [-0.15, -0.1) is 6.58 Å². The number of unbranched alkanes of at least 4 members (excludes halogenated alkanes) is 1. The normalized spacial score (nSPS) is 14.0. The van der Waals surface area contributed by atoms with E-state index < -0.39 is 0 Å². The minimum absolute atomic E-state index is 0.0635. The molecule has 0 unspecified atom stereocenters. The fourth-order valence-electron chi connectivity index (χ4n) is 2.27. The third kappa shape index (κ3) is 3.55. The Morgan fingerprint density at radius 3 is 2.59 bits per heavy atom. The van der Waals surface area contributed by atoms with E-state index in [-0.39, 0.29) is 11.8 Å². The molecule has 0 aliphatic rings. The van der Waals surface area contributed by atoms with Crippen LogP contribution >= 0.6 is 0 Å². The summed E-state index contributed by atoms with van der Waals surface area (Å²) in [6, 6.07) is 8.25. The number of carbonyl (C=O) groups is 1. The minimum atomic E-state index is 0.0635. The molecule has 0 amide bonds. The van der Waals surface area contributed by atoms with Crippen molar-refractivity contribution >= 4 is 6.29 Å². The van der Waals surface area contributed by atoms with Crippen molar-refractivity contribution in [2.24, 2.45) is 5.92 Å². The van der Waals surface area contributed by atoms with Crippen LogP contribution in [0.4, 0.5) is 0 Å². The van der Waals surface area contributed by atoms with Crippen molar-refractivity contribution in [3.05, 3.63) is 48.0 Å². The van der Waals surface area contributed by atoms with Gasteiger partial charge in [0.05, 0.1) is 0 Å². The largest absolute Gasteiger partial charge is 0.303 e. The van der Waals surface area contributed by atoms with E-state index in [1.54, 1.807) is 0 Å². The van der Waals surface area contributed by atoms with Gasteiger partial charge in [0.1, 0.15) is 6.29 Å². The molecule has 0 heterocycles. The Hall–Kier alpha value is -1.37. The second-order valence-electron chi connectivity index (χ2n) is 4.56. The molecule has 1 heteroatoms. The zero-order chi connectivity index (χ0) is 12.7. The lowest BCUT2D eigenvalue weighted by Crippen LogP contribution is -2.13. The lowest BCUT2D eigenvalue weighted by atomic mass is 9.82. The van der Waals surface area contributed by atoms with E-state index >= 15 is 0 Å². The van der Waals surface area contributed by atoms with Crippen LogP contribution in [-0.4, -0.2) is 6.29 Å². The number of allylic oxidation sites excluding steroid dienone is 1. The van der Waals surface area contributed by atoms with E-state index in [9.17, 15) is 4.79 Å². The van der Waals surface area contributed by atoms with Crippen molar-refractivity contribution in [3.8, 4) is 0 Å². The summed E-state index contributed by atoms with van der Waals surface area (Å²) in [4.78, 5) is 11.2. The van der Waals surface area contributed by atoms with Crippen LogP contribution in [0, 0.1) is 12.8 Å². The molecular weight excluding hydrogens is 208 g/mol. The predicted molar refractivity (Wildman–Crippen MR) is 73.2 cm³/mol. The summed E-state index contributed by atoms with van der Waals surface area (Å²) in [6.07, 6.45) is 6.18. The second-order valence-corrected chi connectivity index (χ2v) is 4.56. The smallest absolute Gasteiger partial charge is 0.123 e. The quantitative estimate of drug-likeness (QED) is 0.505. The van der Waals surface area contributed by atoms with Gasteiger partial charge < -0.3 is 4.79 Å². The van der Waals surface area contributed by atoms with Crippen molar-refractivity contribution in [1.82, 2.24) is 0 Å². The molecule has 1 nitrogen and oxygen atoms in total. The van der Waals surface area contributed by atoms with Gasteiger partial charge in [-0.2, -0.15) is 0 Å². The average Bonchev–Trinajstić information content (AvgIpc) is 2.36. The molecule has 0 bridgehead atoms. The van der Waals surface area contributed by atoms with Crippen LogP contribution in [0.3, 0.4) is 0 Å². The summed E-state index contributed by atoms with van der Waals surface area (Å²) in [5.74, 6) is 0.216. The Kier molecular flexibility index (Phi) is 5.68. The fraction of sp³-hybridized carbons (Fsp3) is 0.438. The maximum atomic E-state index is 11.2. The molecule has 0 spiro atoms. The third-order valence-corrected chi connectivity index (χ3v) is 3.33. The highest BCUT2D eigenvalue weighted by Crippen LogP contribution is 2.30. The fourth-order valence-corrected chi connectivity index (χ4v) is 2.27. The molecule has 0 saturated heterocycles. The SMILES string of the molecule is C=C[C@@H](c1ccccc1C)[C@@H](C=O)CCCC.